The molecule has 12 heteroatoms. The van der Waals surface area contributed by atoms with Gasteiger partial charge in [0.1, 0.15) is 51.0 Å². The van der Waals surface area contributed by atoms with Crippen molar-refractivity contribution in [2.75, 3.05) is 0 Å². The molecule has 0 radical (unpaired) electrons. The highest BCUT2D eigenvalue weighted by atomic mass is 16.3. The number of nitrogens with zero attached hydrogens (tertiary/aromatic N) is 10. The second kappa shape index (κ2) is 29.0. The van der Waals surface area contributed by atoms with Gasteiger partial charge in [-0.05, 0) is 202 Å². The summed E-state index contributed by atoms with van der Waals surface area (Å²) in [7, 11) is 8.79. The lowest BCUT2D eigenvalue weighted by molar-refractivity contribution is -0.670. The van der Waals surface area contributed by atoms with Gasteiger partial charge in [-0.2, -0.15) is 18.3 Å². The number of rotatable bonds is 4. The third kappa shape index (κ3) is 11.1. The molecule has 12 aliphatic carbocycles. The van der Waals surface area contributed by atoms with Crippen molar-refractivity contribution in [3.63, 3.8) is 0 Å². The van der Waals surface area contributed by atoms with Crippen molar-refractivity contribution in [3.05, 3.63) is 484 Å². The summed E-state index contributed by atoms with van der Waals surface area (Å²) in [6, 6.07) is 101. The third-order valence-electron chi connectivity index (χ3n) is 29.9. The minimum absolute atomic E-state index is 0.160. The number of hydrogen-bond acceptors (Lipinski definition) is 8. The lowest BCUT2D eigenvalue weighted by Gasteiger charge is -2.38. The largest absolute Gasteiger partial charge is 0.437 e. The van der Waals surface area contributed by atoms with Gasteiger partial charge in [0.05, 0.1) is 94.4 Å². The SMILES string of the molecule is Cc1cc(C)c(C)c(-c2cnc3c([n+]2C)C2c4ccccc4C3c3ccccc32)c1.Cc1ccc2c(n1)oc1c(-c3cnc4c([n+]3C)C3c5ccccc5C4c4ccccc43)c(C)ccc12.Cc1ccc2c(oc3ncccc32)c1-c1cnc2c([n+]1C)C1c3ccccc3C2c2ccccc21.Cc1ccccc1-c1cnc2c([n+]1C)C1c3ccccc3C2c2ccccc21. The van der Waals surface area contributed by atoms with Gasteiger partial charge in [0, 0.05) is 33.4 Å². The summed E-state index contributed by atoms with van der Waals surface area (Å²) in [5, 5.41) is 4.27. The Morgan fingerprint density at radius 3 is 0.915 bits per heavy atom. The van der Waals surface area contributed by atoms with Crippen molar-refractivity contribution in [1.29, 1.82) is 0 Å². The molecule has 0 amide bonds. The van der Waals surface area contributed by atoms with Crippen LogP contribution < -0.4 is 18.3 Å². The lowest BCUT2D eigenvalue weighted by Crippen LogP contribution is -2.45. The predicted octanol–water partition coefficient (Wildman–Crippen LogP) is 23.0. The summed E-state index contributed by atoms with van der Waals surface area (Å²) in [6.07, 6.45) is 10.0. The Morgan fingerprint density at radius 2 is 0.550 bits per heavy atom. The van der Waals surface area contributed by atoms with Crippen LogP contribution in [0.3, 0.4) is 0 Å². The molecule has 8 aromatic heterocycles. The van der Waals surface area contributed by atoms with Gasteiger partial charge in [-0.1, -0.05) is 248 Å². The molecular weight excluding hydrogens is 1580 g/mol. The quantitative estimate of drug-likeness (QED) is 0.160. The molecule has 618 valence electrons. The van der Waals surface area contributed by atoms with E-state index in [2.05, 4.69) is 377 Å². The van der Waals surface area contributed by atoms with Gasteiger partial charge in [0.2, 0.25) is 57.0 Å². The van der Waals surface area contributed by atoms with Gasteiger partial charge < -0.3 is 8.83 Å². The molecule has 0 saturated heterocycles. The Labute approximate surface area is 749 Å². The zero-order valence-electron chi connectivity index (χ0n) is 73.9. The van der Waals surface area contributed by atoms with Crippen LogP contribution >= 0.6 is 0 Å². The topological polar surface area (TPSA) is 119 Å². The van der Waals surface area contributed by atoms with Gasteiger partial charge in [-0.25, -0.2) is 29.9 Å². The maximum Gasteiger partial charge on any atom is 0.235 e. The van der Waals surface area contributed by atoms with Gasteiger partial charge in [-0.3, -0.25) is 0 Å². The fraction of sp³-hybridized carbons (Fsp3) is 0.162. The first-order valence-corrected chi connectivity index (χ1v) is 45.1. The number of pyridine rings is 2. The van der Waals surface area contributed by atoms with Crippen molar-refractivity contribution in [2.45, 2.75) is 95.8 Å². The molecule has 0 atom stereocenters. The second-order valence-corrected chi connectivity index (χ2v) is 36.6. The Hall–Kier alpha value is -15.1. The highest BCUT2D eigenvalue weighted by Crippen LogP contribution is 2.60. The number of fused-ring (bicyclic) bond motifs is 6. The van der Waals surface area contributed by atoms with E-state index in [1.54, 1.807) is 6.20 Å². The maximum atomic E-state index is 6.42. The highest BCUT2D eigenvalue weighted by molar-refractivity contribution is 6.10. The van der Waals surface area contributed by atoms with Crippen LogP contribution in [0.2, 0.25) is 0 Å². The number of aromatic nitrogens is 10. The van der Waals surface area contributed by atoms with E-state index in [1.165, 1.54) is 168 Å². The molecule has 20 aromatic rings. The summed E-state index contributed by atoms with van der Waals surface area (Å²) < 4.78 is 22.3. The minimum Gasteiger partial charge on any atom is -0.437 e. The Morgan fingerprint density at radius 1 is 0.248 bits per heavy atom. The third-order valence-corrected chi connectivity index (χ3v) is 29.9. The van der Waals surface area contributed by atoms with Crippen LogP contribution in [0.1, 0.15) is 221 Å². The smallest absolute Gasteiger partial charge is 0.235 e. The number of hydrogen-bond donors (Lipinski definition) is 0. The molecule has 0 N–H and O–H groups in total. The monoisotopic (exact) mass is 1670 g/mol. The second-order valence-electron chi connectivity index (χ2n) is 36.6. The van der Waals surface area contributed by atoms with Crippen molar-refractivity contribution in [1.82, 2.24) is 29.9 Å². The van der Waals surface area contributed by atoms with E-state index in [-0.39, 0.29) is 47.3 Å². The molecule has 8 bridgehead atoms. The fourth-order valence-corrected chi connectivity index (χ4v) is 24.0. The summed E-state index contributed by atoms with van der Waals surface area (Å²) >= 11 is 0. The van der Waals surface area contributed by atoms with E-state index < -0.39 is 0 Å². The van der Waals surface area contributed by atoms with E-state index >= 15 is 0 Å². The van der Waals surface area contributed by atoms with Crippen molar-refractivity contribution in [2.24, 2.45) is 28.2 Å². The summed E-state index contributed by atoms with van der Waals surface area (Å²) in [6.45, 7) is 15.1. The van der Waals surface area contributed by atoms with Gasteiger partial charge >= 0.3 is 0 Å². The van der Waals surface area contributed by atoms with Crippen molar-refractivity contribution < 1.29 is 27.1 Å². The van der Waals surface area contributed by atoms with Crippen molar-refractivity contribution >= 4 is 44.1 Å². The predicted molar refractivity (Wildman–Crippen MR) is 506 cm³/mol. The average molecular weight is 1670 g/mol. The molecule has 12 nitrogen and oxygen atoms in total. The van der Waals surface area contributed by atoms with E-state index in [1.807, 2.05) is 31.5 Å². The first-order chi connectivity index (χ1) is 63.1. The Bertz CT molecular complexity index is 8060. The molecule has 0 spiro atoms. The van der Waals surface area contributed by atoms with Crippen LogP contribution in [0.25, 0.3) is 89.2 Å². The average Bonchev–Trinajstić information content (AvgIpc) is 1.30. The normalized spacial score (nSPS) is 17.7. The lowest BCUT2D eigenvalue weighted by atomic mass is 9.64. The zero-order valence-corrected chi connectivity index (χ0v) is 73.9. The van der Waals surface area contributed by atoms with Gasteiger partial charge in [-0.15, -0.1) is 0 Å². The summed E-state index contributed by atoms with van der Waals surface area (Å²) in [4.78, 5) is 29.6. The zero-order chi connectivity index (χ0) is 86.8. The molecule has 8 heterocycles. The summed E-state index contributed by atoms with van der Waals surface area (Å²) in [5.41, 5.74) is 53.3. The minimum atomic E-state index is 0.160. The molecule has 0 unspecified atom stereocenters. The fourth-order valence-electron chi connectivity index (χ4n) is 24.0. The molecule has 12 aliphatic rings. The standard InChI is InChI=1S/C32H24N3O.C31H22N3O.C28H25N2.C26H21N2/c1-17-12-14-23-24-15-13-18(2)34-32(24)36-31(23)26(17)25-16-33-29-27-19-8-4-6-10-21(19)28(30(29)35(25)3)22-11-7-5-9-20(22)27;1-17-13-14-22-23-12-7-15-32-31(23)35-30(22)25(17)24-16-33-28-26-18-8-3-5-10-20(18)27(29(28)34(24)2)21-11-6-4-9-19(21)26;1-16-13-17(2)18(3)23(14-16)24-15-29-27-25-19-9-5-7-11-21(19)26(28(27)30(24)4)22-12-8-6-10-20(22)25;1-16-9-3-4-10-17(16)22-15-27-25-23-18-11-5-7-13-20(18)24(26(25)28(22)2)21-14-8-6-12-19(21)23/h4-16,27-28H,1-3H3;3-16,26-27H,1-2H3;5-15,25-26H,1-4H3;3-15,23-24H,1-2H3/q4*+1. The Balaban J connectivity index is 0.0000000935. The first-order valence-electron chi connectivity index (χ1n) is 45.1. The number of aryl methyl sites for hydroxylation is 6. The molecule has 0 fully saturated rings. The van der Waals surface area contributed by atoms with E-state index in [4.69, 9.17) is 28.8 Å². The molecule has 129 heavy (non-hydrogen) atoms. The van der Waals surface area contributed by atoms with Gasteiger partial charge in [0.15, 0.2) is 11.2 Å². The van der Waals surface area contributed by atoms with Crippen LogP contribution in [0, 0.1) is 48.5 Å². The molecule has 0 saturated carbocycles. The van der Waals surface area contributed by atoms with Crippen LogP contribution in [0.4, 0.5) is 0 Å². The molecule has 0 aliphatic heterocycles. The van der Waals surface area contributed by atoms with Crippen LogP contribution in [-0.4, -0.2) is 29.9 Å². The first kappa shape index (κ1) is 76.3. The van der Waals surface area contributed by atoms with Crippen LogP contribution in [0.15, 0.2) is 319 Å². The van der Waals surface area contributed by atoms with Gasteiger partial charge in [0.25, 0.3) is 0 Å². The molecular formula is C117H92N10O2+4. The maximum absolute atomic E-state index is 6.42. The number of furan rings is 2. The van der Waals surface area contributed by atoms with Crippen LogP contribution in [-0.2, 0) is 28.2 Å². The Kier molecular flexibility index (Phi) is 17.1. The van der Waals surface area contributed by atoms with Crippen LogP contribution in [0.5, 0.6) is 0 Å². The number of benzene rings is 12. The van der Waals surface area contributed by atoms with E-state index in [0.717, 1.165) is 83.4 Å². The summed E-state index contributed by atoms with van der Waals surface area (Å²) in [5.74, 6) is 1.58. The molecule has 12 aromatic carbocycles. The van der Waals surface area contributed by atoms with E-state index in [0.29, 0.717) is 11.4 Å². The highest BCUT2D eigenvalue weighted by Gasteiger charge is 2.53. The molecule has 32 rings (SSSR count). The van der Waals surface area contributed by atoms with E-state index in [9.17, 15) is 0 Å². The van der Waals surface area contributed by atoms with Crippen molar-refractivity contribution in [3.8, 4) is 45.0 Å².